The number of carbonyl (C=O) groups excluding carboxylic acids is 1. The van der Waals surface area contributed by atoms with E-state index in [2.05, 4.69) is 19.2 Å². The van der Waals surface area contributed by atoms with Gasteiger partial charge >= 0.3 is 0 Å². The molecular weight excluding hydrogens is 184 g/mol. The van der Waals surface area contributed by atoms with E-state index in [4.69, 9.17) is 18.0 Å². The lowest BCUT2D eigenvalue weighted by Gasteiger charge is -2.11. The van der Waals surface area contributed by atoms with Gasteiger partial charge in [0.2, 0.25) is 5.91 Å². The summed E-state index contributed by atoms with van der Waals surface area (Å²) in [4.78, 5) is 11.7. The van der Waals surface area contributed by atoms with E-state index in [1.54, 1.807) is 6.92 Å². The van der Waals surface area contributed by atoms with Crippen molar-refractivity contribution < 1.29 is 4.79 Å². The Morgan fingerprint density at radius 1 is 1.69 bits per heavy atom. The highest BCUT2D eigenvalue weighted by Gasteiger charge is 2.46. The fourth-order valence-corrected chi connectivity index (χ4v) is 1.25. The Hall–Kier alpha value is -0.640. The van der Waals surface area contributed by atoms with E-state index in [0.29, 0.717) is 6.04 Å². The van der Waals surface area contributed by atoms with E-state index in [1.165, 1.54) is 0 Å². The van der Waals surface area contributed by atoms with Gasteiger partial charge in [0.25, 0.3) is 0 Å². The molecule has 1 aliphatic rings. The first-order valence-corrected chi connectivity index (χ1v) is 4.85. The van der Waals surface area contributed by atoms with Crippen LogP contribution in [0.5, 0.6) is 0 Å². The van der Waals surface area contributed by atoms with Crippen molar-refractivity contribution in [3.63, 3.8) is 0 Å². The molecular formula is C9H16N2OS. The normalized spacial score (nSPS) is 26.2. The third-order valence-electron chi connectivity index (χ3n) is 2.65. The van der Waals surface area contributed by atoms with Crippen molar-refractivity contribution in [3.8, 4) is 0 Å². The fraction of sp³-hybridized carbons (Fsp3) is 0.778. The second-order valence-electron chi connectivity index (χ2n) is 4.38. The molecule has 0 heterocycles. The van der Waals surface area contributed by atoms with E-state index >= 15 is 0 Å². The average molecular weight is 200 g/mol. The first-order chi connectivity index (χ1) is 5.84. The molecule has 0 radical (unpaired) electrons. The van der Waals surface area contributed by atoms with Crippen LogP contribution in [-0.4, -0.2) is 16.9 Å². The highest BCUT2D eigenvalue weighted by atomic mass is 32.1. The van der Waals surface area contributed by atoms with Crippen molar-refractivity contribution in [3.05, 3.63) is 0 Å². The molecule has 4 heteroatoms. The maximum Gasteiger partial charge on any atom is 0.229 e. The topological polar surface area (TPSA) is 55.1 Å². The number of hydrogen-bond donors (Lipinski definition) is 2. The van der Waals surface area contributed by atoms with Crippen molar-refractivity contribution in [2.75, 3.05) is 0 Å². The van der Waals surface area contributed by atoms with Gasteiger partial charge < -0.3 is 11.1 Å². The number of rotatable bonds is 3. The van der Waals surface area contributed by atoms with Crippen LogP contribution in [0.2, 0.25) is 0 Å². The van der Waals surface area contributed by atoms with E-state index in [9.17, 15) is 4.79 Å². The summed E-state index contributed by atoms with van der Waals surface area (Å²) in [7, 11) is 0. The summed E-state index contributed by atoms with van der Waals surface area (Å²) in [6.07, 6.45) is 1.04. The Morgan fingerprint density at radius 3 is 2.46 bits per heavy atom. The summed E-state index contributed by atoms with van der Waals surface area (Å²) < 4.78 is 0. The largest absolute Gasteiger partial charge is 0.393 e. The van der Waals surface area contributed by atoms with Crippen molar-refractivity contribution >= 4 is 23.1 Å². The Morgan fingerprint density at radius 2 is 2.15 bits per heavy atom. The van der Waals surface area contributed by atoms with Gasteiger partial charge in [-0.3, -0.25) is 4.79 Å². The van der Waals surface area contributed by atoms with Gasteiger partial charge in [0, 0.05) is 6.04 Å². The average Bonchev–Trinajstić information content (AvgIpc) is 2.56. The fourth-order valence-electron chi connectivity index (χ4n) is 1.14. The van der Waals surface area contributed by atoms with Crippen LogP contribution in [-0.2, 0) is 4.79 Å². The molecule has 0 aliphatic heterocycles. The molecule has 0 aromatic rings. The Kier molecular flexibility index (Phi) is 2.61. The first kappa shape index (κ1) is 10.4. The molecule has 0 bridgehead atoms. The summed E-state index contributed by atoms with van der Waals surface area (Å²) in [6, 6.07) is 0.303. The van der Waals surface area contributed by atoms with E-state index in [1.807, 2.05) is 0 Å². The van der Waals surface area contributed by atoms with E-state index < -0.39 is 0 Å². The predicted octanol–water partition coefficient (Wildman–Crippen LogP) is 0.823. The van der Waals surface area contributed by atoms with Crippen LogP contribution in [0.15, 0.2) is 0 Å². The second kappa shape index (κ2) is 3.25. The van der Waals surface area contributed by atoms with Crippen LogP contribution in [0.25, 0.3) is 0 Å². The maximum absolute atomic E-state index is 11.4. The zero-order valence-electron chi connectivity index (χ0n) is 8.26. The molecule has 74 valence electrons. The Bertz CT molecular complexity index is 250. The van der Waals surface area contributed by atoms with E-state index in [-0.39, 0.29) is 22.2 Å². The van der Waals surface area contributed by atoms with Crippen LogP contribution >= 0.6 is 12.2 Å². The quantitative estimate of drug-likeness (QED) is 0.663. The first-order valence-electron chi connectivity index (χ1n) is 4.44. The molecule has 1 rings (SSSR count). The van der Waals surface area contributed by atoms with Gasteiger partial charge in [-0.25, -0.2) is 0 Å². The third kappa shape index (κ3) is 2.40. The molecule has 0 aromatic heterocycles. The minimum Gasteiger partial charge on any atom is -0.393 e. The van der Waals surface area contributed by atoms with Crippen molar-refractivity contribution in [2.45, 2.75) is 33.2 Å². The molecule has 0 aromatic carbocycles. The number of nitrogens with two attached hydrogens (primary N) is 1. The molecule has 3 nitrogen and oxygen atoms in total. The lowest BCUT2D eigenvalue weighted by atomic mass is 10.1. The highest BCUT2D eigenvalue weighted by molar-refractivity contribution is 7.80. The number of carbonyl (C=O) groups is 1. The number of thiocarbonyl (C=S) groups is 1. The predicted molar refractivity (Wildman–Crippen MR) is 56.3 cm³/mol. The van der Waals surface area contributed by atoms with Gasteiger partial charge in [0.05, 0.1) is 10.9 Å². The zero-order chi connectivity index (χ0) is 10.2. The van der Waals surface area contributed by atoms with E-state index in [0.717, 1.165) is 6.42 Å². The van der Waals surface area contributed by atoms with Crippen LogP contribution in [0, 0.1) is 11.3 Å². The van der Waals surface area contributed by atoms with Crippen molar-refractivity contribution in [1.29, 1.82) is 0 Å². The van der Waals surface area contributed by atoms with Gasteiger partial charge in [-0.15, -0.1) is 0 Å². The van der Waals surface area contributed by atoms with Crippen LogP contribution < -0.4 is 11.1 Å². The lowest BCUT2D eigenvalue weighted by molar-refractivity contribution is -0.122. The number of amides is 1. The van der Waals surface area contributed by atoms with Crippen LogP contribution in [0.3, 0.4) is 0 Å². The van der Waals surface area contributed by atoms with Gasteiger partial charge in [-0.1, -0.05) is 26.1 Å². The van der Waals surface area contributed by atoms with Crippen molar-refractivity contribution in [2.24, 2.45) is 17.1 Å². The standard InChI is InChI=1S/C9H16N2OS/c1-5(7(10)13)8(12)11-6-4-9(6,2)3/h5-6H,4H2,1-3H3,(H2,10,13)(H,11,12). The minimum absolute atomic E-state index is 0.0527. The van der Waals surface area contributed by atoms with Crippen molar-refractivity contribution in [1.82, 2.24) is 5.32 Å². The molecule has 1 fully saturated rings. The molecule has 0 spiro atoms. The molecule has 1 aliphatic carbocycles. The zero-order valence-corrected chi connectivity index (χ0v) is 9.07. The third-order valence-corrected chi connectivity index (χ3v) is 3.00. The maximum atomic E-state index is 11.4. The van der Waals surface area contributed by atoms with Crippen LogP contribution in [0.4, 0.5) is 0 Å². The summed E-state index contributed by atoms with van der Waals surface area (Å²) in [5.74, 6) is -0.408. The monoisotopic (exact) mass is 200 g/mol. The summed E-state index contributed by atoms with van der Waals surface area (Å²) in [5.41, 5.74) is 5.63. The summed E-state index contributed by atoms with van der Waals surface area (Å²) in [6.45, 7) is 5.99. The Labute approximate surface area is 84.1 Å². The number of hydrogen-bond acceptors (Lipinski definition) is 2. The molecule has 3 N–H and O–H groups in total. The number of nitrogens with one attached hydrogen (secondary N) is 1. The van der Waals surface area contributed by atoms with Gasteiger partial charge in [-0.05, 0) is 18.8 Å². The molecule has 1 amide bonds. The molecule has 13 heavy (non-hydrogen) atoms. The molecule has 0 saturated heterocycles. The van der Waals surface area contributed by atoms with Gasteiger partial charge in [-0.2, -0.15) is 0 Å². The van der Waals surface area contributed by atoms with Gasteiger partial charge in [0.1, 0.15) is 0 Å². The lowest BCUT2D eigenvalue weighted by Crippen LogP contribution is -2.38. The SMILES string of the molecule is CC(C(=O)NC1CC1(C)C)C(N)=S. The highest BCUT2D eigenvalue weighted by Crippen LogP contribution is 2.44. The smallest absolute Gasteiger partial charge is 0.229 e. The molecule has 1 saturated carbocycles. The Balaban J connectivity index is 2.39. The second-order valence-corrected chi connectivity index (χ2v) is 4.85. The summed E-state index contributed by atoms with van der Waals surface area (Å²) >= 11 is 4.74. The van der Waals surface area contributed by atoms with Gasteiger partial charge in [0.15, 0.2) is 0 Å². The molecule has 2 unspecified atom stereocenters. The minimum atomic E-state index is -0.355. The summed E-state index contributed by atoms with van der Waals surface area (Å²) in [5, 5.41) is 2.92. The van der Waals surface area contributed by atoms with Crippen LogP contribution in [0.1, 0.15) is 27.2 Å². The molecule has 2 atom stereocenters.